The zero-order chi connectivity index (χ0) is 10.3. The zero-order valence-corrected chi connectivity index (χ0v) is 9.17. The monoisotopic (exact) mass is 223 g/mol. The lowest BCUT2D eigenvalue weighted by Crippen LogP contribution is -2.42. The molecule has 1 aliphatic heterocycles. The van der Waals surface area contributed by atoms with Crippen LogP contribution in [0.15, 0.2) is 17.8 Å². The summed E-state index contributed by atoms with van der Waals surface area (Å²) < 4.78 is 7.37. The van der Waals surface area contributed by atoms with E-state index in [9.17, 15) is 0 Å². The second kappa shape index (κ2) is 3.30. The number of imidazole rings is 1. The van der Waals surface area contributed by atoms with Crippen molar-refractivity contribution in [2.45, 2.75) is 18.4 Å². The molecule has 80 valence electrons. The van der Waals surface area contributed by atoms with Crippen molar-refractivity contribution < 1.29 is 4.74 Å². The predicted molar refractivity (Wildman–Crippen MR) is 59.1 cm³/mol. The van der Waals surface area contributed by atoms with E-state index in [1.54, 1.807) is 11.3 Å². The van der Waals surface area contributed by atoms with E-state index in [1.165, 1.54) is 0 Å². The van der Waals surface area contributed by atoms with Crippen LogP contribution in [0, 0.1) is 0 Å². The second-order valence-corrected chi connectivity index (χ2v) is 5.04. The summed E-state index contributed by atoms with van der Waals surface area (Å²) in [4.78, 5) is 5.56. The molecule has 5 heteroatoms. The fraction of sp³-hybridized carbons (Fsp3) is 0.500. The van der Waals surface area contributed by atoms with Crippen molar-refractivity contribution in [2.75, 3.05) is 13.2 Å². The van der Waals surface area contributed by atoms with Gasteiger partial charge in [0, 0.05) is 36.3 Å². The minimum absolute atomic E-state index is 0.204. The number of aromatic nitrogens is 2. The van der Waals surface area contributed by atoms with Gasteiger partial charge in [0.2, 0.25) is 0 Å². The van der Waals surface area contributed by atoms with Gasteiger partial charge in [0.15, 0.2) is 4.96 Å². The summed E-state index contributed by atoms with van der Waals surface area (Å²) in [5.74, 6) is 0. The molecule has 0 aliphatic carbocycles. The lowest BCUT2D eigenvalue weighted by atomic mass is 9.94. The predicted octanol–water partition coefficient (Wildman–Crippen LogP) is 1.06. The van der Waals surface area contributed by atoms with Crippen molar-refractivity contribution in [2.24, 2.45) is 5.73 Å². The molecule has 15 heavy (non-hydrogen) atoms. The highest BCUT2D eigenvalue weighted by molar-refractivity contribution is 7.15. The molecular weight excluding hydrogens is 210 g/mol. The minimum Gasteiger partial charge on any atom is -0.379 e. The average Bonchev–Trinajstić information content (AvgIpc) is 2.80. The van der Waals surface area contributed by atoms with E-state index >= 15 is 0 Å². The van der Waals surface area contributed by atoms with Crippen LogP contribution in [-0.2, 0) is 11.2 Å². The third kappa shape index (κ3) is 1.67. The van der Waals surface area contributed by atoms with Gasteiger partial charge >= 0.3 is 0 Å². The molecule has 1 atom stereocenters. The first-order valence-electron chi connectivity index (χ1n) is 5.03. The van der Waals surface area contributed by atoms with Crippen LogP contribution >= 0.6 is 11.3 Å². The van der Waals surface area contributed by atoms with E-state index in [4.69, 9.17) is 10.5 Å². The van der Waals surface area contributed by atoms with Crippen LogP contribution in [0.4, 0.5) is 0 Å². The van der Waals surface area contributed by atoms with Crippen molar-refractivity contribution in [1.29, 1.82) is 0 Å². The summed E-state index contributed by atoms with van der Waals surface area (Å²) in [6.07, 6.45) is 5.81. The van der Waals surface area contributed by atoms with Gasteiger partial charge in [-0.2, -0.15) is 0 Å². The van der Waals surface area contributed by atoms with Crippen LogP contribution in [0.25, 0.3) is 4.96 Å². The smallest absolute Gasteiger partial charge is 0.193 e. The fourth-order valence-electron chi connectivity index (χ4n) is 1.98. The van der Waals surface area contributed by atoms with Crippen LogP contribution in [0.5, 0.6) is 0 Å². The third-order valence-corrected chi connectivity index (χ3v) is 3.58. The van der Waals surface area contributed by atoms with Crippen LogP contribution in [0.3, 0.4) is 0 Å². The van der Waals surface area contributed by atoms with E-state index in [-0.39, 0.29) is 5.54 Å². The number of fused-ring (bicyclic) bond motifs is 1. The van der Waals surface area contributed by atoms with Gasteiger partial charge in [-0.3, -0.25) is 4.40 Å². The Morgan fingerprint density at radius 3 is 3.33 bits per heavy atom. The lowest BCUT2D eigenvalue weighted by Gasteiger charge is -2.19. The molecule has 1 aliphatic rings. The van der Waals surface area contributed by atoms with Gasteiger partial charge in [-0.15, -0.1) is 11.3 Å². The lowest BCUT2D eigenvalue weighted by molar-refractivity contribution is 0.178. The molecule has 1 unspecified atom stereocenters. The number of hydrogen-bond donors (Lipinski definition) is 1. The van der Waals surface area contributed by atoms with E-state index in [0.717, 1.165) is 30.1 Å². The van der Waals surface area contributed by atoms with Gasteiger partial charge < -0.3 is 10.5 Å². The highest BCUT2D eigenvalue weighted by Crippen LogP contribution is 2.21. The molecule has 0 aromatic carbocycles. The Hall–Kier alpha value is -0.910. The maximum atomic E-state index is 6.21. The summed E-state index contributed by atoms with van der Waals surface area (Å²) in [6.45, 7) is 1.43. The number of rotatable bonds is 2. The van der Waals surface area contributed by atoms with Crippen LogP contribution in [-0.4, -0.2) is 28.1 Å². The van der Waals surface area contributed by atoms with Crippen LogP contribution in [0.1, 0.15) is 12.1 Å². The molecule has 4 nitrogen and oxygen atoms in total. The van der Waals surface area contributed by atoms with Gasteiger partial charge in [-0.25, -0.2) is 4.98 Å². The Morgan fingerprint density at radius 1 is 1.67 bits per heavy atom. The quantitative estimate of drug-likeness (QED) is 0.828. The molecule has 0 saturated carbocycles. The molecular formula is C10H13N3OS. The second-order valence-electron chi connectivity index (χ2n) is 4.17. The molecule has 0 radical (unpaired) electrons. The molecule has 1 fully saturated rings. The van der Waals surface area contributed by atoms with E-state index in [2.05, 4.69) is 11.2 Å². The zero-order valence-electron chi connectivity index (χ0n) is 8.35. The largest absolute Gasteiger partial charge is 0.379 e. The maximum absolute atomic E-state index is 6.21. The van der Waals surface area contributed by atoms with Crippen molar-refractivity contribution in [3.8, 4) is 0 Å². The van der Waals surface area contributed by atoms with Crippen molar-refractivity contribution >= 4 is 16.3 Å². The topological polar surface area (TPSA) is 52.5 Å². The Balaban J connectivity index is 1.85. The normalized spacial score (nSPS) is 26.5. The molecule has 3 rings (SSSR count). The summed E-state index contributed by atoms with van der Waals surface area (Å²) in [5.41, 5.74) is 7.07. The van der Waals surface area contributed by atoms with Gasteiger partial charge in [-0.1, -0.05) is 0 Å². The number of ether oxygens (including phenoxy) is 1. The van der Waals surface area contributed by atoms with Crippen LogP contribution < -0.4 is 5.73 Å². The molecule has 0 spiro atoms. The van der Waals surface area contributed by atoms with Crippen molar-refractivity contribution in [3.05, 3.63) is 23.5 Å². The summed E-state index contributed by atoms with van der Waals surface area (Å²) >= 11 is 1.64. The number of nitrogens with zero attached hydrogens (tertiary/aromatic N) is 2. The first-order valence-corrected chi connectivity index (χ1v) is 5.91. The summed E-state index contributed by atoms with van der Waals surface area (Å²) in [7, 11) is 0. The average molecular weight is 223 g/mol. The highest BCUT2D eigenvalue weighted by Gasteiger charge is 2.31. The number of nitrogens with two attached hydrogens (primary N) is 1. The fourth-order valence-corrected chi connectivity index (χ4v) is 2.70. The summed E-state index contributed by atoms with van der Waals surface area (Å²) in [6, 6.07) is 0. The van der Waals surface area contributed by atoms with Crippen molar-refractivity contribution in [3.63, 3.8) is 0 Å². The summed E-state index contributed by atoms with van der Waals surface area (Å²) in [5, 5.41) is 2.03. The van der Waals surface area contributed by atoms with Gasteiger partial charge in [0.05, 0.1) is 12.3 Å². The Bertz CT molecular complexity index is 441. The van der Waals surface area contributed by atoms with E-state index < -0.39 is 0 Å². The first kappa shape index (κ1) is 9.33. The molecule has 1 saturated heterocycles. The molecule has 3 heterocycles. The highest BCUT2D eigenvalue weighted by atomic mass is 32.1. The Labute approximate surface area is 91.7 Å². The molecule has 0 bridgehead atoms. The first-order chi connectivity index (χ1) is 7.25. The number of thiazole rings is 1. The molecule has 2 aromatic heterocycles. The maximum Gasteiger partial charge on any atom is 0.193 e. The number of hydrogen-bond acceptors (Lipinski definition) is 4. The molecule has 2 N–H and O–H groups in total. The van der Waals surface area contributed by atoms with Crippen LogP contribution in [0.2, 0.25) is 0 Å². The molecule has 0 amide bonds. The third-order valence-electron chi connectivity index (χ3n) is 2.81. The Morgan fingerprint density at radius 2 is 2.60 bits per heavy atom. The Kier molecular flexibility index (Phi) is 2.05. The van der Waals surface area contributed by atoms with Gasteiger partial charge in [-0.05, 0) is 6.42 Å². The SMILES string of the molecule is NC1(Cc2cn3ccsc3n2)CCOC1. The van der Waals surface area contributed by atoms with E-state index in [0.29, 0.717) is 6.61 Å². The minimum atomic E-state index is -0.204. The van der Waals surface area contributed by atoms with Gasteiger partial charge in [0.1, 0.15) is 0 Å². The molecule has 2 aromatic rings. The standard InChI is InChI=1S/C10H13N3OS/c11-10(1-3-14-7-10)5-8-6-13-2-4-15-9(13)12-8/h2,4,6H,1,3,5,7,11H2. The van der Waals surface area contributed by atoms with Crippen molar-refractivity contribution in [1.82, 2.24) is 9.38 Å². The van der Waals surface area contributed by atoms with Gasteiger partial charge in [0.25, 0.3) is 0 Å². The van der Waals surface area contributed by atoms with E-state index in [1.807, 2.05) is 16.0 Å².